The first-order valence-corrected chi connectivity index (χ1v) is 9.49. The van der Waals surface area contributed by atoms with E-state index in [0.717, 1.165) is 0 Å². The maximum Gasteiger partial charge on any atom is 0.379 e. The lowest BCUT2D eigenvalue weighted by molar-refractivity contribution is -0.479. The minimum absolute atomic E-state index is 0.0912. The van der Waals surface area contributed by atoms with Gasteiger partial charge in [0.25, 0.3) is 5.79 Å². The molecule has 0 aliphatic carbocycles. The van der Waals surface area contributed by atoms with E-state index in [0.29, 0.717) is 11.5 Å². The van der Waals surface area contributed by atoms with Gasteiger partial charge in [0.15, 0.2) is 13.2 Å². The molecule has 0 atom stereocenters. The van der Waals surface area contributed by atoms with Crippen LogP contribution in [0.15, 0.2) is 60.7 Å². The van der Waals surface area contributed by atoms with Crippen LogP contribution in [0.2, 0.25) is 0 Å². The Morgan fingerprint density at radius 2 is 1.17 bits per heavy atom. The highest BCUT2D eigenvalue weighted by Gasteiger charge is 2.34. The zero-order valence-corrected chi connectivity index (χ0v) is 17.2. The van der Waals surface area contributed by atoms with Crippen molar-refractivity contribution in [3.8, 4) is 11.5 Å². The molecule has 0 heterocycles. The Labute approximate surface area is 175 Å². The number of carbonyl (C=O) groups is 2. The van der Waals surface area contributed by atoms with Gasteiger partial charge in [0.05, 0.1) is 0 Å². The first-order chi connectivity index (χ1) is 14.4. The normalized spacial score (nSPS) is 11.1. The Hall–Kier alpha value is -3.10. The third-order valence-electron chi connectivity index (χ3n) is 3.60. The fourth-order valence-corrected chi connectivity index (χ4v) is 2.46. The molecular weight excluding hydrogens is 392 g/mol. The maximum atomic E-state index is 11.9. The van der Waals surface area contributed by atoms with Crippen molar-refractivity contribution in [3.05, 3.63) is 60.7 Å². The molecule has 0 amide bonds. The van der Waals surface area contributed by atoms with Crippen LogP contribution >= 0.6 is 0 Å². The molecule has 0 fully saturated rings. The molecule has 2 rings (SSSR count). The molecule has 162 valence electrons. The monoisotopic (exact) mass is 418 g/mol. The molecule has 0 aromatic heterocycles. The number of carbonyl (C=O) groups excluding carboxylic acids is 2. The summed E-state index contributed by atoms with van der Waals surface area (Å²) >= 11 is 0. The number of para-hydroxylation sites is 2. The summed E-state index contributed by atoms with van der Waals surface area (Å²) in [6.45, 7) is 4.60. The third-order valence-corrected chi connectivity index (χ3v) is 3.60. The number of benzene rings is 2. The zero-order chi connectivity index (χ0) is 21.8. The number of ether oxygens (including phenoxy) is 2. The molecule has 0 spiro atoms. The van der Waals surface area contributed by atoms with Gasteiger partial charge in [-0.3, -0.25) is 9.78 Å². The van der Waals surface area contributed by atoms with E-state index >= 15 is 0 Å². The summed E-state index contributed by atoms with van der Waals surface area (Å²) in [5.74, 6) is -1.91. The summed E-state index contributed by atoms with van der Waals surface area (Å²) in [5.41, 5.74) is 0. The average Bonchev–Trinajstić information content (AvgIpc) is 2.74. The van der Waals surface area contributed by atoms with Crippen molar-refractivity contribution in [2.45, 2.75) is 33.0 Å². The SMILES string of the molecule is CC(C)CC(C)(OOC(=O)COc1ccccc1)OOC(=O)COc1ccccc1. The minimum Gasteiger partial charge on any atom is -0.482 e. The zero-order valence-electron chi connectivity index (χ0n) is 17.2. The first-order valence-electron chi connectivity index (χ1n) is 9.49. The van der Waals surface area contributed by atoms with Gasteiger partial charge in [-0.15, -0.1) is 9.78 Å². The van der Waals surface area contributed by atoms with Crippen LogP contribution in [0.3, 0.4) is 0 Å². The fraction of sp³-hybridized carbons (Fsp3) is 0.364. The lowest BCUT2D eigenvalue weighted by atomic mass is 10.0. The molecule has 0 unspecified atom stereocenters. The molecule has 0 N–H and O–H groups in total. The molecule has 0 radical (unpaired) electrons. The van der Waals surface area contributed by atoms with Crippen LogP contribution in [-0.4, -0.2) is 30.9 Å². The van der Waals surface area contributed by atoms with E-state index in [1.165, 1.54) is 6.92 Å². The molecule has 30 heavy (non-hydrogen) atoms. The number of rotatable bonds is 12. The molecule has 0 aliphatic rings. The van der Waals surface area contributed by atoms with Crippen LogP contribution in [0, 0.1) is 5.92 Å². The van der Waals surface area contributed by atoms with E-state index in [-0.39, 0.29) is 25.6 Å². The molecule has 0 saturated carbocycles. The summed E-state index contributed by atoms with van der Waals surface area (Å²) < 4.78 is 10.6. The van der Waals surface area contributed by atoms with Crippen LogP contribution in [-0.2, 0) is 29.1 Å². The highest BCUT2D eigenvalue weighted by molar-refractivity contribution is 5.70. The Morgan fingerprint density at radius 1 is 0.767 bits per heavy atom. The summed E-state index contributed by atoms with van der Waals surface area (Å²) in [4.78, 5) is 43.6. The molecule has 0 aliphatic heterocycles. The van der Waals surface area contributed by atoms with Crippen molar-refractivity contribution in [1.29, 1.82) is 0 Å². The lowest BCUT2D eigenvalue weighted by Crippen LogP contribution is -2.37. The second-order valence-corrected chi connectivity index (χ2v) is 7.01. The predicted octanol–water partition coefficient (Wildman–Crippen LogP) is 3.86. The van der Waals surface area contributed by atoms with E-state index in [2.05, 4.69) is 0 Å². The molecule has 0 saturated heterocycles. The predicted molar refractivity (Wildman–Crippen MR) is 106 cm³/mol. The number of hydrogen-bond acceptors (Lipinski definition) is 8. The van der Waals surface area contributed by atoms with Crippen LogP contribution in [0.4, 0.5) is 0 Å². The molecule has 2 aromatic carbocycles. The van der Waals surface area contributed by atoms with E-state index in [1.54, 1.807) is 48.5 Å². The highest BCUT2D eigenvalue weighted by atomic mass is 17.3. The van der Waals surface area contributed by atoms with Gasteiger partial charge >= 0.3 is 11.9 Å². The number of hydrogen-bond donors (Lipinski definition) is 0. The van der Waals surface area contributed by atoms with Gasteiger partial charge in [0.2, 0.25) is 0 Å². The maximum absolute atomic E-state index is 11.9. The topological polar surface area (TPSA) is 89.5 Å². The standard InChI is InChI=1S/C22H26O8/c1-17(2)14-22(3,29-27-20(23)15-25-18-10-6-4-7-11-18)30-28-21(24)16-26-19-12-8-5-9-13-19/h4-13,17H,14-16H2,1-3H3. The van der Waals surface area contributed by atoms with Crippen LogP contribution in [0.5, 0.6) is 11.5 Å². The van der Waals surface area contributed by atoms with Gasteiger partial charge < -0.3 is 9.47 Å². The summed E-state index contributed by atoms with van der Waals surface area (Å²) in [6, 6.07) is 17.6. The van der Waals surface area contributed by atoms with Gasteiger partial charge in [-0.2, -0.15) is 0 Å². The van der Waals surface area contributed by atoms with Crippen LogP contribution in [0.1, 0.15) is 27.2 Å². The van der Waals surface area contributed by atoms with Crippen LogP contribution in [0.25, 0.3) is 0 Å². The van der Waals surface area contributed by atoms with E-state index in [9.17, 15) is 9.59 Å². The van der Waals surface area contributed by atoms with Crippen molar-refractivity contribution in [3.63, 3.8) is 0 Å². The molecule has 2 aromatic rings. The Bertz CT molecular complexity index is 717. The molecule has 8 heteroatoms. The Kier molecular flexibility index (Phi) is 9.11. The largest absolute Gasteiger partial charge is 0.482 e. The average molecular weight is 418 g/mol. The van der Waals surface area contributed by atoms with Gasteiger partial charge in [-0.05, 0) is 37.1 Å². The van der Waals surface area contributed by atoms with Crippen molar-refractivity contribution >= 4 is 11.9 Å². The molecule has 0 bridgehead atoms. The quantitative estimate of drug-likeness (QED) is 0.292. The summed E-state index contributed by atoms with van der Waals surface area (Å²) in [7, 11) is 0. The van der Waals surface area contributed by atoms with E-state index < -0.39 is 17.7 Å². The lowest BCUT2D eigenvalue weighted by Gasteiger charge is -2.26. The van der Waals surface area contributed by atoms with Gasteiger partial charge in [0.1, 0.15) is 11.5 Å². The van der Waals surface area contributed by atoms with E-state index in [1.807, 2.05) is 26.0 Å². The Balaban J connectivity index is 1.78. The van der Waals surface area contributed by atoms with Gasteiger partial charge in [0, 0.05) is 6.42 Å². The second kappa shape index (κ2) is 11.8. The second-order valence-electron chi connectivity index (χ2n) is 7.01. The van der Waals surface area contributed by atoms with Gasteiger partial charge in [-0.1, -0.05) is 50.2 Å². The first kappa shape index (κ1) is 23.2. The molecule has 8 nitrogen and oxygen atoms in total. The minimum atomic E-state index is -1.50. The van der Waals surface area contributed by atoms with Crippen molar-refractivity contribution in [2.24, 2.45) is 5.92 Å². The van der Waals surface area contributed by atoms with Crippen LogP contribution < -0.4 is 9.47 Å². The van der Waals surface area contributed by atoms with Gasteiger partial charge in [-0.25, -0.2) is 9.59 Å². The highest BCUT2D eigenvalue weighted by Crippen LogP contribution is 2.23. The molecular formula is C22H26O8. The van der Waals surface area contributed by atoms with Crippen molar-refractivity contribution < 1.29 is 38.6 Å². The van der Waals surface area contributed by atoms with Crippen molar-refractivity contribution in [1.82, 2.24) is 0 Å². The van der Waals surface area contributed by atoms with E-state index in [4.69, 9.17) is 29.0 Å². The third kappa shape index (κ3) is 8.93. The smallest absolute Gasteiger partial charge is 0.379 e. The Morgan fingerprint density at radius 3 is 1.53 bits per heavy atom. The fourth-order valence-electron chi connectivity index (χ4n) is 2.46. The summed E-state index contributed by atoms with van der Waals surface area (Å²) in [6.07, 6.45) is 0.284. The van der Waals surface area contributed by atoms with Crippen molar-refractivity contribution in [2.75, 3.05) is 13.2 Å². The summed E-state index contributed by atoms with van der Waals surface area (Å²) in [5, 5.41) is 0.